The standard InChI is InChI=1S/C21H22BrNO2S/c1-14(22)20-19(17-7-3-4-8-18(17)21(24)25-20)15-11-16(26-13-15)12-23-9-5-2-6-10-23/h3-4,7-8,11,13-14H,2,5-6,9-10,12H2,1H3. The average Bonchev–Trinajstić information content (AvgIpc) is 3.10. The van der Waals surface area contributed by atoms with Crippen LogP contribution in [0.4, 0.5) is 0 Å². The van der Waals surface area contributed by atoms with E-state index in [9.17, 15) is 4.79 Å². The molecule has 1 aliphatic heterocycles. The highest BCUT2D eigenvalue weighted by Gasteiger charge is 2.20. The summed E-state index contributed by atoms with van der Waals surface area (Å²) in [6, 6.07) is 9.99. The van der Waals surface area contributed by atoms with Crippen molar-refractivity contribution in [1.82, 2.24) is 4.90 Å². The number of hydrogen-bond acceptors (Lipinski definition) is 4. The number of hydrogen-bond donors (Lipinski definition) is 0. The Morgan fingerprint density at radius 1 is 1.19 bits per heavy atom. The molecule has 2 aromatic heterocycles. The number of thiophene rings is 1. The predicted molar refractivity (Wildman–Crippen MR) is 112 cm³/mol. The van der Waals surface area contributed by atoms with Crippen molar-refractivity contribution >= 4 is 38.0 Å². The van der Waals surface area contributed by atoms with Crippen LogP contribution in [0.3, 0.4) is 0 Å². The molecule has 3 nitrogen and oxygen atoms in total. The number of benzene rings is 1. The number of nitrogens with zero attached hydrogens (tertiary/aromatic N) is 1. The summed E-state index contributed by atoms with van der Waals surface area (Å²) in [6.07, 6.45) is 3.96. The van der Waals surface area contributed by atoms with Gasteiger partial charge in [0, 0.05) is 22.4 Å². The van der Waals surface area contributed by atoms with Gasteiger partial charge in [-0.3, -0.25) is 4.90 Å². The summed E-state index contributed by atoms with van der Waals surface area (Å²) in [6.45, 7) is 5.40. The van der Waals surface area contributed by atoms with Crippen molar-refractivity contribution in [3.63, 3.8) is 0 Å². The molecule has 0 amide bonds. The van der Waals surface area contributed by atoms with Crippen LogP contribution in [0, 0.1) is 0 Å². The lowest BCUT2D eigenvalue weighted by Gasteiger charge is -2.25. The fourth-order valence-corrected chi connectivity index (χ4v) is 4.97. The molecule has 4 rings (SSSR count). The molecule has 1 atom stereocenters. The van der Waals surface area contributed by atoms with E-state index in [4.69, 9.17) is 4.42 Å². The summed E-state index contributed by atoms with van der Waals surface area (Å²) in [5.74, 6) is 0.705. The highest BCUT2D eigenvalue weighted by Crippen LogP contribution is 2.38. The highest BCUT2D eigenvalue weighted by atomic mass is 79.9. The minimum Gasteiger partial charge on any atom is -0.426 e. The lowest BCUT2D eigenvalue weighted by molar-refractivity contribution is 0.222. The number of alkyl halides is 1. The van der Waals surface area contributed by atoms with Crippen molar-refractivity contribution < 1.29 is 4.42 Å². The van der Waals surface area contributed by atoms with Gasteiger partial charge in [-0.1, -0.05) is 40.5 Å². The normalized spacial score (nSPS) is 16.8. The molecule has 1 unspecified atom stereocenters. The van der Waals surface area contributed by atoms with Gasteiger partial charge in [0.25, 0.3) is 0 Å². The number of likely N-dealkylation sites (tertiary alicyclic amines) is 1. The minimum atomic E-state index is -0.269. The molecule has 3 heterocycles. The molecule has 0 radical (unpaired) electrons. The van der Waals surface area contributed by atoms with Crippen molar-refractivity contribution in [2.45, 2.75) is 37.6 Å². The maximum absolute atomic E-state index is 12.4. The van der Waals surface area contributed by atoms with Gasteiger partial charge in [0.1, 0.15) is 5.76 Å². The van der Waals surface area contributed by atoms with Gasteiger partial charge in [-0.15, -0.1) is 11.3 Å². The molecule has 0 saturated carbocycles. The first-order valence-electron chi connectivity index (χ1n) is 9.13. The van der Waals surface area contributed by atoms with Crippen LogP contribution in [0.5, 0.6) is 0 Å². The summed E-state index contributed by atoms with van der Waals surface area (Å²) >= 11 is 5.39. The van der Waals surface area contributed by atoms with E-state index >= 15 is 0 Å². The second-order valence-corrected chi connectivity index (χ2v) is 9.30. The Bertz CT molecular complexity index is 970. The maximum atomic E-state index is 12.4. The molecule has 0 spiro atoms. The van der Waals surface area contributed by atoms with Crippen molar-refractivity contribution in [1.29, 1.82) is 0 Å². The Hall–Kier alpha value is -1.43. The Kier molecular flexibility index (Phi) is 5.30. The van der Waals surface area contributed by atoms with Crippen LogP contribution in [-0.4, -0.2) is 18.0 Å². The monoisotopic (exact) mass is 431 g/mol. The molecule has 1 aliphatic rings. The molecule has 26 heavy (non-hydrogen) atoms. The van der Waals surface area contributed by atoms with E-state index < -0.39 is 0 Å². The van der Waals surface area contributed by atoms with Gasteiger partial charge < -0.3 is 4.42 Å². The first kappa shape index (κ1) is 18.0. The van der Waals surface area contributed by atoms with E-state index in [1.165, 1.54) is 37.2 Å². The van der Waals surface area contributed by atoms with Crippen LogP contribution in [0.2, 0.25) is 0 Å². The van der Waals surface area contributed by atoms with Crippen molar-refractivity contribution in [2.24, 2.45) is 0 Å². The summed E-state index contributed by atoms with van der Waals surface area (Å²) in [4.78, 5) is 16.2. The van der Waals surface area contributed by atoms with Crippen LogP contribution >= 0.6 is 27.3 Å². The average molecular weight is 432 g/mol. The first-order chi connectivity index (χ1) is 12.6. The number of rotatable bonds is 4. The van der Waals surface area contributed by atoms with E-state index in [1.807, 2.05) is 31.2 Å². The third-order valence-corrected chi connectivity index (χ3v) is 6.33. The lowest BCUT2D eigenvalue weighted by atomic mass is 9.99. The van der Waals surface area contributed by atoms with Gasteiger partial charge in [-0.25, -0.2) is 4.79 Å². The van der Waals surface area contributed by atoms with Crippen molar-refractivity contribution in [3.05, 3.63) is 56.8 Å². The molecular formula is C21H22BrNO2S. The van der Waals surface area contributed by atoms with Gasteiger partial charge in [0.05, 0.1) is 10.2 Å². The second kappa shape index (κ2) is 7.67. The Morgan fingerprint density at radius 2 is 1.92 bits per heavy atom. The zero-order valence-corrected chi connectivity index (χ0v) is 17.2. The van der Waals surface area contributed by atoms with Crippen molar-refractivity contribution in [2.75, 3.05) is 13.1 Å². The fourth-order valence-electron chi connectivity index (χ4n) is 3.73. The number of halogens is 1. The van der Waals surface area contributed by atoms with Gasteiger partial charge in [-0.2, -0.15) is 0 Å². The smallest absolute Gasteiger partial charge is 0.343 e. The SMILES string of the molecule is CC(Br)c1oc(=O)c2ccccc2c1-c1csc(CN2CCCCC2)c1. The van der Waals surface area contributed by atoms with Gasteiger partial charge >= 0.3 is 5.63 Å². The van der Waals surface area contributed by atoms with E-state index in [2.05, 4.69) is 32.3 Å². The molecule has 136 valence electrons. The van der Waals surface area contributed by atoms with E-state index in [1.54, 1.807) is 11.3 Å². The van der Waals surface area contributed by atoms with Crippen molar-refractivity contribution in [3.8, 4) is 11.1 Å². The Labute approximate surface area is 165 Å². The molecule has 0 N–H and O–H groups in total. The molecule has 1 saturated heterocycles. The fraction of sp³-hybridized carbons (Fsp3) is 0.381. The molecule has 5 heteroatoms. The van der Waals surface area contributed by atoms with Crippen LogP contribution in [-0.2, 0) is 6.54 Å². The summed E-state index contributed by atoms with van der Waals surface area (Å²) in [5.41, 5.74) is 1.91. The topological polar surface area (TPSA) is 33.5 Å². The quantitative estimate of drug-likeness (QED) is 0.477. The van der Waals surface area contributed by atoms with Gasteiger partial charge in [-0.05, 0) is 55.9 Å². The minimum absolute atomic E-state index is 0.0275. The number of piperidine rings is 1. The maximum Gasteiger partial charge on any atom is 0.343 e. The van der Waals surface area contributed by atoms with E-state index in [0.717, 1.165) is 23.1 Å². The third-order valence-electron chi connectivity index (χ3n) is 5.00. The molecular weight excluding hydrogens is 410 g/mol. The molecule has 1 aromatic carbocycles. The zero-order chi connectivity index (χ0) is 18.1. The van der Waals surface area contributed by atoms with Crippen LogP contribution in [0.15, 0.2) is 44.9 Å². The Balaban J connectivity index is 1.77. The van der Waals surface area contributed by atoms with Crippen LogP contribution < -0.4 is 5.63 Å². The second-order valence-electron chi connectivity index (χ2n) is 6.93. The molecule has 3 aromatic rings. The van der Waals surface area contributed by atoms with Gasteiger partial charge in [0.2, 0.25) is 0 Å². The third kappa shape index (κ3) is 3.53. The van der Waals surface area contributed by atoms with E-state index in [0.29, 0.717) is 11.1 Å². The van der Waals surface area contributed by atoms with E-state index in [-0.39, 0.29) is 10.5 Å². The molecule has 0 bridgehead atoms. The van der Waals surface area contributed by atoms with Crippen LogP contribution in [0.1, 0.15) is 41.7 Å². The predicted octanol–water partition coefficient (Wildman–Crippen LogP) is 5.96. The van der Waals surface area contributed by atoms with Crippen LogP contribution in [0.25, 0.3) is 21.9 Å². The first-order valence-corrected chi connectivity index (χ1v) is 10.9. The Morgan fingerprint density at radius 3 is 2.65 bits per heavy atom. The van der Waals surface area contributed by atoms with Gasteiger partial charge in [0.15, 0.2) is 0 Å². The largest absolute Gasteiger partial charge is 0.426 e. The lowest BCUT2D eigenvalue weighted by Crippen LogP contribution is -2.28. The summed E-state index contributed by atoms with van der Waals surface area (Å²) < 4.78 is 5.69. The highest BCUT2D eigenvalue weighted by molar-refractivity contribution is 9.09. The number of fused-ring (bicyclic) bond motifs is 1. The zero-order valence-electron chi connectivity index (χ0n) is 14.8. The molecule has 0 aliphatic carbocycles. The summed E-state index contributed by atoms with van der Waals surface area (Å²) in [5, 5.41) is 3.80. The summed E-state index contributed by atoms with van der Waals surface area (Å²) in [7, 11) is 0. The molecule has 1 fully saturated rings.